The SMILES string of the molecule is COc1ccc(C2=CC(=O)OC2)cc1OC1CCCC1. The van der Waals surface area contributed by atoms with Crippen LogP contribution >= 0.6 is 0 Å². The molecule has 4 nitrogen and oxygen atoms in total. The first-order valence-corrected chi connectivity index (χ1v) is 6.98. The Kier molecular flexibility index (Phi) is 3.63. The minimum Gasteiger partial charge on any atom is -0.493 e. The smallest absolute Gasteiger partial charge is 0.331 e. The van der Waals surface area contributed by atoms with E-state index in [4.69, 9.17) is 14.2 Å². The number of hydrogen-bond acceptors (Lipinski definition) is 4. The second-order valence-electron chi connectivity index (χ2n) is 5.17. The van der Waals surface area contributed by atoms with Crippen molar-refractivity contribution >= 4 is 11.5 Å². The van der Waals surface area contributed by atoms with E-state index >= 15 is 0 Å². The molecular formula is C16H18O4. The molecule has 20 heavy (non-hydrogen) atoms. The monoisotopic (exact) mass is 274 g/mol. The molecule has 1 fully saturated rings. The highest BCUT2D eigenvalue weighted by atomic mass is 16.5. The van der Waals surface area contributed by atoms with Crippen molar-refractivity contribution in [3.8, 4) is 11.5 Å². The molecule has 1 aliphatic heterocycles. The van der Waals surface area contributed by atoms with E-state index in [0.29, 0.717) is 6.61 Å². The summed E-state index contributed by atoms with van der Waals surface area (Å²) < 4.78 is 16.3. The van der Waals surface area contributed by atoms with Gasteiger partial charge in [0.2, 0.25) is 0 Å². The van der Waals surface area contributed by atoms with Gasteiger partial charge in [0, 0.05) is 11.6 Å². The summed E-state index contributed by atoms with van der Waals surface area (Å²) in [7, 11) is 1.64. The highest BCUT2D eigenvalue weighted by Crippen LogP contribution is 2.34. The van der Waals surface area contributed by atoms with E-state index in [9.17, 15) is 4.79 Å². The average molecular weight is 274 g/mol. The predicted octanol–water partition coefficient (Wildman–Crippen LogP) is 2.96. The van der Waals surface area contributed by atoms with E-state index in [1.165, 1.54) is 18.9 Å². The number of carbonyl (C=O) groups is 1. The molecule has 0 spiro atoms. The van der Waals surface area contributed by atoms with E-state index in [-0.39, 0.29) is 12.1 Å². The molecule has 0 atom stereocenters. The number of rotatable bonds is 4. The summed E-state index contributed by atoms with van der Waals surface area (Å²) in [5, 5.41) is 0. The van der Waals surface area contributed by atoms with Crippen molar-refractivity contribution in [2.24, 2.45) is 0 Å². The normalized spacial score (nSPS) is 18.9. The first-order valence-electron chi connectivity index (χ1n) is 6.98. The number of methoxy groups -OCH3 is 1. The molecule has 0 saturated heterocycles. The molecule has 0 unspecified atom stereocenters. The third-order valence-electron chi connectivity index (χ3n) is 3.79. The third-order valence-corrected chi connectivity index (χ3v) is 3.79. The van der Waals surface area contributed by atoms with Gasteiger partial charge in [0.25, 0.3) is 0 Å². The van der Waals surface area contributed by atoms with Crippen molar-refractivity contribution in [2.45, 2.75) is 31.8 Å². The van der Waals surface area contributed by atoms with Gasteiger partial charge in [-0.1, -0.05) is 6.07 Å². The molecule has 1 heterocycles. The van der Waals surface area contributed by atoms with Crippen LogP contribution in [0.4, 0.5) is 0 Å². The highest BCUT2D eigenvalue weighted by Gasteiger charge is 2.20. The minimum atomic E-state index is -0.283. The van der Waals surface area contributed by atoms with Crippen LogP contribution in [-0.4, -0.2) is 25.8 Å². The lowest BCUT2D eigenvalue weighted by Crippen LogP contribution is -2.11. The number of hydrogen-bond donors (Lipinski definition) is 0. The Balaban J connectivity index is 1.86. The van der Waals surface area contributed by atoms with Crippen LogP contribution < -0.4 is 9.47 Å². The van der Waals surface area contributed by atoms with Crippen LogP contribution in [0.15, 0.2) is 24.3 Å². The fourth-order valence-corrected chi connectivity index (χ4v) is 2.70. The lowest BCUT2D eigenvalue weighted by molar-refractivity contribution is -0.134. The molecule has 1 aliphatic carbocycles. The first kappa shape index (κ1) is 13.0. The summed E-state index contributed by atoms with van der Waals surface area (Å²) in [5.74, 6) is 1.19. The predicted molar refractivity (Wildman–Crippen MR) is 74.8 cm³/mol. The average Bonchev–Trinajstić information content (AvgIpc) is 3.10. The van der Waals surface area contributed by atoms with Gasteiger partial charge in [-0.3, -0.25) is 0 Å². The fraction of sp³-hybridized carbons (Fsp3) is 0.438. The Morgan fingerprint density at radius 3 is 2.65 bits per heavy atom. The fourth-order valence-electron chi connectivity index (χ4n) is 2.70. The second-order valence-corrected chi connectivity index (χ2v) is 5.17. The summed E-state index contributed by atoms with van der Waals surface area (Å²) in [5.41, 5.74) is 1.83. The zero-order valence-corrected chi connectivity index (χ0v) is 11.6. The Labute approximate surface area is 118 Å². The Morgan fingerprint density at radius 2 is 2.00 bits per heavy atom. The van der Waals surface area contributed by atoms with Gasteiger partial charge in [-0.25, -0.2) is 4.79 Å². The van der Waals surface area contributed by atoms with E-state index in [2.05, 4.69) is 0 Å². The standard InChI is InChI=1S/C16H18O4/c1-18-14-7-6-11(12-9-16(17)19-10-12)8-15(14)20-13-4-2-3-5-13/h6-9,13H,2-5,10H2,1H3. The van der Waals surface area contributed by atoms with Crippen LogP contribution in [0.2, 0.25) is 0 Å². The quantitative estimate of drug-likeness (QED) is 0.792. The Bertz CT molecular complexity index is 541. The van der Waals surface area contributed by atoms with Gasteiger partial charge in [0.05, 0.1) is 13.2 Å². The van der Waals surface area contributed by atoms with Gasteiger partial charge < -0.3 is 14.2 Å². The van der Waals surface area contributed by atoms with Crippen LogP contribution in [0, 0.1) is 0 Å². The third kappa shape index (κ3) is 2.64. The van der Waals surface area contributed by atoms with Crippen molar-refractivity contribution in [3.05, 3.63) is 29.8 Å². The van der Waals surface area contributed by atoms with Crippen LogP contribution in [-0.2, 0) is 9.53 Å². The van der Waals surface area contributed by atoms with Gasteiger partial charge in [0.1, 0.15) is 6.61 Å². The van der Waals surface area contributed by atoms with Crippen LogP contribution in [0.3, 0.4) is 0 Å². The lowest BCUT2D eigenvalue weighted by Gasteiger charge is -2.17. The minimum absolute atomic E-state index is 0.273. The van der Waals surface area contributed by atoms with Gasteiger partial charge in [-0.15, -0.1) is 0 Å². The van der Waals surface area contributed by atoms with E-state index in [0.717, 1.165) is 35.5 Å². The largest absolute Gasteiger partial charge is 0.493 e. The molecule has 3 rings (SSSR count). The molecule has 1 aromatic carbocycles. The van der Waals surface area contributed by atoms with E-state index < -0.39 is 0 Å². The molecule has 1 aromatic rings. The topological polar surface area (TPSA) is 44.8 Å². The van der Waals surface area contributed by atoms with Crippen LogP contribution in [0.1, 0.15) is 31.2 Å². The molecule has 0 aromatic heterocycles. The zero-order valence-electron chi connectivity index (χ0n) is 11.6. The Hall–Kier alpha value is -1.97. The summed E-state index contributed by atoms with van der Waals surface area (Å²) >= 11 is 0. The summed E-state index contributed by atoms with van der Waals surface area (Å²) in [6.45, 7) is 0.327. The molecule has 0 amide bonds. The molecule has 0 N–H and O–H groups in total. The summed E-state index contributed by atoms with van der Waals surface area (Å²) in [6.07, 6.45) is 6.44. The Morgan fingerprint density at radius 1 is 1.20 bits per heavy atom. The summed E-state index contributed by atoms with van der Waals surface area (Å²) in [6, 6.07) is 5.74. The summed E-state index contributed by atoms with van der Waals surface area (Å²) in [4.78, 5) is 11.2. The first-order chi connectivity index (χ1) is 9.76. The van der Waals surface area contributed by atoms with E-state index in [1.54, 1.807) is 7.11 Å². The number of carbonyl (C=O) groups excluding carboxylic acids is 1. The zero-order chi connectivity index (χ0) is 13.9. The number of esters is 1. The van der Waals surface area contributed by atoms with Crippen molar-refractivity contribution in [3.63, 3.8) is 0 Å². The van der Waals surface area contributed by atoms with E-state index in [1.807, 2.05) is 18.2 Å². The number of cyclic esters (lactones) is 1. The van der Waals surface area contributed by atoms with Crippen molar-refractivity contribution in [1.29, 1.82) is 0 Å². The second kappa shape index (κ2) is 5.57. The van der Waals surface area contributed by atoms with Gasteiger partial charge in [-0.2, -0.15) is 0 Å². The molecule has 1 saturated carbocycles. The van der Waals surface area contributed by atoms with Gasteiger partial charge in [-0.05, 0) is 43.4 Å². The maximum absolute atomic E-state index is 11.2. The molecular weight excluding hydrogens is 256 g/mol. The molecule has 106 valence electrons. The van der Waals surface area contributed by atoms with Crippen molar-refractivity contribution < 1.29 is 19.0 Å². The molecule has 0 radical (unpaired) electrons. The lowest BCUT2D eigenvalue weighted by atomic mass is 10.1. The highest BCUT2D eigenvalue weighted by molar-refractivity contribution is 5.96. The van der Waals surface area contributed by atoms with Crippen LogP contribution in [0.25, 0.3) is 5.57 Å². The maximum Gasteiger partial charge on any atom is 0.331 e. The maximum atomic E-state index is 11.2. The molecule has 2 aliphatic rings. The molecule has 4 heteroatoms. The van der Waals surface area contributed by atoms with Gasteiger partial charge in [0.15, 0.2) is 11.5 Å². The number of ether oxygens (including phenoxy) is 3. The van der Waals surface area contributed by atoms with Crippen molar-refractivity contribution in [1.82, 2.24) is 0 Å². The van der Waals surface area contributed by atoms with Crippen LogP contribution in [0.5, 0.6) is 11.5 Å². The molecule has 0 bridgehead atoms. The number of benzene rings is 1. The van der Waals surface area contributed by atoms with Crippen molar-refractivity contribution in [2.75, 3.05) is 13.7 Å². The van der Waals surface area contributed by atoms with Gasteiger partial charge >= 0.3 is 5.97 Å².